The van der Waals surface area contributed by atoms with Crippen LogP contribution in [0.15, 0.2) is 24.3 Å². The minimum absolute atomic E-state index is 0.0115. The summed E-state index contributed by atoms with van der Waals surface area (Å²) < 4.78 is 0. The van der Waals surface area contributed by atoms with E-state index in [-0.39, 0.29) is 24.7 Å². The van der Waals surface area contributed by atoms with E-state index in [1.807, 2.05) is 0 Å². The minimum Gasteiger partial charge on any atom is -0.393 e. The van der Waals surface area contributed by atoms with E-state index < -0.39 is 0 Å². The van der Waals surface area contributed by atoms with Crippen LogP contribution in [0.5, 0.6) is 0 Å². The van der Waals surface area contributed by atoms with Crippen LogP contribution in [-0.4, -0.2) is 28.3 Å². The van der Waals surface area contributed by atoms with Crippen LogP contribution in [0, 0.1) is 0 Å². The van der Waals surface area contributed by atoms with Crippen LogP contribution >= 0.6 is 0 Å². The summed E-state index contributed by atoms with van der Waals surface area (Å²) >= 11 is 0. The van der Waals surface area contributed by atoms with Crippen molar-refractivity contribution in [3.8, 4) is 0 Å². The second kappa shape index (κ2) is 5.98. The molecule has 0 unspecified atom stereocenters. The van der Waals surface area contributed by atoms with Crippen molar-refractivity contribution in [2.45, 2.75) is 44.4 Å². The highest BCUT2D eigenvalue weighted by Gasteiger charge is 2.21. The van der Waals surface area contributed by atoms with Crippen LogP contribution in [-0.2, 0) is 6.61 Å². The number of carbonyl (C=O) groups excluding carboxylic acids is 1. The SMILES string of the molecule is O=C(NC1CCC(O)CC1)c1ccc(CO)cc1. The van der Waals surface area contributed by atoms with Gasteiger partial charge in [-0.05, 0) is 43.4 Å². The quantitative estimate of drug-likeness (QED) is 0.754. The molecule has 1 amide bonds. The van der Waals surface area contributed by atoms with E-state index in [2.05, 4.69) is 5.32 Å². The Balaban J connectivity index is 1.90. The second-order valence-electron chi connectivity index (χ2n) is 4.83. The van der Waals surface area contributed by atoms with E-state index in [1.54, 1.807) is 24.3 Å². The Morgan fingerprint density at radius 1 is 1.17 bits per heavy atom. The number of hydrogen-bond donors (Lipinski definition) is 3. The van der Waals surface area contributed by atoms with Crippen molar-refractivity contribution in [3.63, 3.8) is 0 Å². The Morgan fingerprint density at radius 2 is 1.78 bits per heavy atom. The van der Waals surface area contributed by atoms with Gasteiger partial charge in [-0.15, -0.1) is 0 Å². The molecule has 1 aromatic rings. The van der Waals surface area contributed by atoms with Gasteiger partial charge in [0.25, 0.3) is 5.91 Å². The molecule has 2 rings (SSSR count). The van der Waals surface area contributed by atoms with Crippen molar-refractivity contribution in [2.24, 2.45) is 0 Å². The molecule has 0 spiro atoms. The Hall–Kier alpha value is -1.39. The van der Waals surface area contributed by atoms with Gasteiger partial charge in [-0.3, -0.25) is 4.79 Å². The number of carbonyl (C=O) groups is 1. The number of benzene rings is 1. The van der Waals surface area contributed by atoms with Gasteiger partial charge in [0, 0.05) is 11.6 Å². The van der Waals surface area contributed by atoms with Crippen molar-refractivity contribution >= 4 is 5.91 Å². The predicted octanol–water partition coefficient (Wildman–Crippen LogP) is 1.21. The Morgan fingerprint density at radius 3 is 2.33 bits per heavy atom. The highest BCUT2D eigenvalue weighted by Crippen LogP contribution is 2.18. The maximum atomic E-state index is 12.0. The van der Waals surface area contributed by atoms with Crippen molar-refractivity contribution in [1.29, 1.82) is 0 Å². The Bertz CT molecular complexity index is 394. The van der Waals surface area contributed by atoms with Gasteiger partial charge < -0.3 is 15.5 Å². The summed E-state index contributed by atoms with van der Waals surface area (Å²) in [5.41, 5.74) is 1.41. The molecule has 0 saturated heterocycles. The van der Waals surface area contributed by atoms with Crippen LogP contribution in [0.2, 0.25) is 0 Å². The lowest BCUT2D eigenvalue weighted by atomic mass is 9.93. The van der Waals surface area contributed by atoms with E-state index >= 15 is 0 Å². The van der Waals surface area contributed by atoms with Gasteiger partial charge in [0.2, 0.25) is 0 Å². The third-order valence-electron chi connectivity index (χ3n) is 3.43. The lowest BCUT2D eigenvalue weighted by molar-refractivity contribution is 0.0867. The standard InChI is InChI=1S/C14H19NO3/c16-9-10-1-3-11(4-2-10)14(18)15-12-5-7-13(17)8-6-12/h1-4,12-13,16-17H,5-9H2,(H,15,18). The maximum Gasteiger partial charge on any atom is 0.251 e. The van der Waals surface area contributed by atoms with E-state index in [4.69, 9.17) is 5.11 Å². The third-order valence-corrected chi connectivity index (χ3v) is 3.43. The largest absolute Gasteiger partial charge is 0.393 e. The van der Waals surface area contributed by atoms with Crippen LogP contribution in [0.4, 0.5) is 0 Å². The molecule has 0 atom stereocenters. The average molecular weight is 249 g/mol. The molecule has 1 aliphatic rings. The normalized spacial score (nSPS) is 23.7. The number of nitrogens with one attached hydrogen (secondary N) is 1. The van der Waals surface area contributed by atoms with Crippen molar-refractivity contribution in [1.82, 2.24) is 5.32 Å². The zero-order chi connectivity index (χ0) is 13.0. The predicted molar refractivity (Wildman–Crippen MR) is 68.1 cm³/mol. The van der Waals surface area contributed by atoms with Crippen LogP contribution in [0.3, 0.4) is 0 Å². The summed E-state index contributed by atoms with van der Waals surface area (Å²) in [5.74, 6) is -0.0825. The molecule has 0 aromatic heterocycles. The van der Waals surface area contributed by atoms with Crippen molar-refractivity contribution in [3.05, 3.63) is 35.4 Å². The van der Waals surface area contributed by atoms with E-state index in [0.29, 0.717) is 5.56 Å². The first-order valence-electron chi connectivity index (χ1n) is 6.38. The summed E-state index contributed by atoms with van der Waals surface area (Å²) in [5, 5.41) is 21.3. The Labute approximate surface area is 107 Å². The summed E-state index contributed by atoms with van der Waals surface area (Å²) in [6.45, 7) is -0.0115. The third kappa shape index (κ3) is 3.31. The molecule has 18 heavy (non-hydrogen) atoms. The molecule has 1 aromatic carbocycles. The number of aliphatic hydroxyl groups is 2. The number of rotatable bonds is 3. The second-order valence-corrected chi connectivity index (χ2v) is 4.83. The zero-order valence-corrected chi connectivity index (χ0v) is 10.3. The molecule has 3 N–H and O–H groups in total. The van der Waals surface area contributed by atoms with Gasteiger partial charge in [0.1, 0.15) is 0 Å². The number of hydrogen-bond acceptors (Lipinski definition) is 3. The smallest absolute Gasteiger partial charge is 0.251 e. The number of aliphatic hydroxyl groups excluding tert-OH is 2. The first-order valence-corrected chi connectivity index (χ1v) is 6.38. The van der Waals surface area contributed by atoms with Crippen LogP contribution in [0.1, 0.15) is 41.6 Å². The highest BCUT2D eigenvalue weighted by atomic mass is 16.3. The molecule has 0 heterocycles. The Kier molecular flexibility index (Phi) is 4.33. The van der Waals surface area contributed by atoms with Gasteiger partial charge in [-0.25, -0.2) is 0 Å². The van der Waals surface area contributed by atoms with Gasteiger partial charge in [0.05, 0.1) is 12.7 Å². The van der Waals surface area contributed by atoms with Crippen LogP contribution < -0.4 is 5.32 Å². The fraction of sp³-hybridized carbons (Fsp3) is 0.500. The molecular formula is C14H19NO3. The highest BCUT2D eigenvalue weighted by molar-refractivity contribution is 5.94. The molecule has 0 radical (unpaired) electrons. The molecule has 1 saturated carbocycles. The lowest BCUT2D eigenvalue weighted by Gasteiger charge is -2.26. The molecule has 0 aliphatic heterocycles. The molecule has 98 valence electrons. The first-order chi connectivity index (χ1) is 8.69. The summed E-state index contributed by atoms with van der Waals surface area (Å²) in [6.07, 6.45) is 2.98. The van der Waals surface area contributed by atoms with Gasteiger partial charge >= 0.3 is 0 Å². The monoisotopic (exact) mass is 249 g/mol. The average Bonchev–Trinajstić information content (AvgIpc) is 2.41. The van der Waals surface area contributed by atoms with Crippen LogP contribution in [0.25, 0.3) is 0 Å². The van der Waals surface area contributed by atoms with E-state index in [1.165, 1.54) is 0 Å². The summed E-state index contributed by atoms with van der Waals surface area (Å²) in [4.78, 5) is 12.0. The van der Waals surface area contributed by atoms with Crippen molar-refractivity contribution < 1.29 is 15.0 Å². The topological polar surface area (TPSA) is 69.6 Å². The van der Waals surface area contributed by atoms with Crippen molar-refractivity contribution in [2.75, 3.05) is 0 Å². The molecular weight excluding hydrogens is 230 g/mol. The molecule has 1 aliphatic carbocycles. The van der Waals surface area contributed by atoms with E-state index in [0.717, 1.165) is 31.2 Å². The lowest BCUT2D eigenvalue weighted by Crippen LogP contribution is -2.38. The van der Waals surface area contributed by atoms with E-state index in [9.17, 15) is 9.90 Å². The number of amides is 1. The fourth-order valence-corrected chi connectivity index (χ4v) is 2.25. The zero-order valence-electron chi connectivity index (χ0n) is 10.3. The van der Waals surface area contributed by atoms with Gasteiger partial charge in [-0.1, -0.05) is 12.1 Å². The van der Waals surface area contributed by atoms with Gasteiger partial charge in [0.15, 0.2) is 0 Å². The fourth-order valence-electron chi connectivity index (χ4n) is 2.25. The maximum absolute atomic E-state index is 12.0. The molecule has 4 heteroatoms. The molecule has 1 fully saturated rings. The first kappa shape index (κ1) is 13.1. The summed E-state index contributed by atoms with van der Waals surface area (Å²) in [7, 11) is 0. The molecule has 0 bridgehead atoms. The summed E-state index contributed by atoms with van der Waals surface area (Å²) in [6, 6.07) is 7.11. The van der Waals surface area contributed by atoms with Gasteiger partial charge in [-0.2, -0.15) is 0 Å². The molecule has 4 nitrogen and oxygen atoms in total. The minimum atomic E-state index is -0.206.